The van der Waals surface area contributed by atoms with Crippen molar-refractivity contribution < 1.29 is 14.3 Å². The van der Waals surface area contributed by atoms with Gasteiger partial charge in [0.2, 0.25) is 11.8 Å². The smallest absolute Gasteiger partial charge is 0.326 e. The van der Waals surface area contributed by atoms with E-state index in [0.29, 0.717) is 24.0 Å². The third kappa shape index (κ3) is 4.55. The van der Waals surface area contributed by atoms with Crippen molar-refractivity contribution in [2.45, 2.75) is 51.1 Å². The van der Waals surface area contributed by atoms with E-state index in [-0.39, 0.29) is 35.5 Å². The maximum atomic E-state index is 12.9. The molecule has 35 heavy (non-hydrogen) atoms. The van der Waals surface area contributed by atoms with Crippen LogP contribution in [0.3, 0.4) is 0 Å². The normalized spacial score (nSPS) is 21.8. The average Bonchev–Trinajstić information content (AvgIpc) is 3.16. The number of amides is 2. The molecule has 4 N–H and O–H groups in total. The highest BCUT2D eigenvalue weighted by atomic mass is 16.5. The third-order valence-corrected chi connectivity index (χ3v) is 7.26. The van der Waals surface area contributed by atoms with Crippen molar-refractivity contribution in [3.8, 4) is 5.75 Å². The van der Waals surface area contributed by atoms with Crippen LogP contribution in [0, 0.1) is 12.8 Å². The zero-order chi connectivity index (χ0) is 24.5. The van der Waals surface area contributed by atoms with Crippen LogP contribution in [0.15, 0.2) is 41.2 Å². The molecule has 2 aromatic carbocycles. The first-order valence-corrected chi connectivity index (χ1v) is 12.2. The molecule has 9 nitrogen and oxygen atoms in total. The number of aryl methyl sites for hydroxylation is 1. The minimum atomic E-state index is -0.192. The lowest BCUT2D eigenvalue weighted by molar-refractivity contribution is -0.121. The Hall–Kier alpha value is -3.59. The summed E-state index contributed by atoms with van der Waals surface area (Å²) in [5.74, 6) is 0.541. The number of aromatic amines is 1. The predicted molar refractivity (Wildman–Crippen MR) is 135 cm³/mol. The number of carbonyl (C=O) groups is 2. The molecule has 0 spiro atoms. The summed E-state index contributed by atoms with van der Waals surface area (Å²) in [5.41, 5.74) is 3.56. The molecule has 1 aliphatic carbocycles. The predicted octanol–water partition coefficient (Wildman–Crippen LogP) is 3.32. The van der Waals surface area contributed by atoms with E-state index in [1.54, 1.807) is 17.7 Å². The van der Waals surface area contributed by atoms with E-state index in [1.807, 2.05) is 37.3 Å². The standard InChI is InChI=1S/C26H31N5O4/c1-15-6-9-17(14-22(15)35-2)28-24(32)16-7-10-18(11-8-16)31-21-5-3-4-19(23(21)30-26(31)34)29-25(33)20-12-13-27-20/h3-6,9,14,16,18,20,27H,7-8,10-13H2,1-2H3,(H,28,32)(H,29,33)(H,30,34). The van der Waals surface area contributed by atoms with Crippen LogP contribution in [0.2, 0.25) is 0 Å². The number of nitrogens with zero attached hydrogens (tertiary/aromatic N) is 1. The van der Waals surface area contributed by atoms with Crippen molar-refractivity contribution in [1.82, 2.24) is 14.9 Å². The van der Waals surface area contributed by atoms with E-state index in [4.69, 9.17) is 4.74 Å². The van der Waals surface area contributed by atoms with Crippen LogP contribution >= 0.6 is 0 Å². The number of H-pyrrole nitrogens is 1. The van der Waals surface area contributed by atoms with Crippen molar-refractivity contribution in [2.24, 2.45) is 5.92 Å². The number of para-hydroxylation sites is 1. The number of anilines is 2. The highest BCUT2D eigenvalue weighted by Crippen LogP contribution is 2.35. The van der Waals surface area contributed by atoms with E-state index in [9.17, 15) is 14.4 Å². The summed E-state index contributed by atoms with van der Waals surface area (Å²) in [6, 6.07) is 11.0. The Morgan fingerprint density at radius 1 is 1.03 bits per heavy atom. The van der Waals surface area contributed by atoms with Crippen LogP contribution in [-0.4, -0.2) is 41.1 Å². The Balaban J connectivity index is 1.27. The Labute approximate surface area is 203 Å². The topological polar surface area (TPSA) is 117 Å². The molecule has 2 aliphatic rings. The van der Waals surface area contributed by atoms with Gasteiger partial charge < -0.3 is 25.7 Å². The number of carbonyl (C=O) groups excluding carboxylic acids is 2. The molecule has 2 fully saturated rings. The zero-order valence-electron chi connectivity index (χ0n) is 20.0. The van der Waals surface area contributed by atoms with Crippen LogP contribution in [-0.2, 0) is 9.59 Å². The highest BCUT2D eigenvalue weighted by Gasteiger charge is 2.30. The lowest BCUT2D eigenvalue weighted by Crippen LogP contribution is -2.50. The molecule has 1 aliphatic heterocycles. The quantitative estimate of drug-likeness (QED) is 0.435. The average molecular weight is 478 g/mol. The van der Waals surface area contributed by atoms with Gasteiger partial charge in [-0.3, -0.25) is 14.2 Å². The Morgan fingerprint density at radius 2 is 1.80 bits per heavy atom. The minimum Gasteiger partial charge on any atom is -0.496 e. The number of aromatic nitrogens is 2. The second-order valence-electron chi connectivity index (χ2n) is 9.46. The van der Waals surface area contributed by atoms with Crippen molar-refractivity contribution in [2.75, 3.05) is 24.3 Å². The number of fused-ring (bicyclic) bond motifs is 1. The zero-order valence-corrected chi connectivity index (χ0v) is 20.0. The first kappa shape index (κ1) is 23.2. The maximum absolute atomic E-state index is 12.9. The summed E-state index contributed by atoms with van der Waals surface area (Å²) in [6.07, 6.45) is 3.66. The third-order valence-electron chi connectivity index (χ3n) is 7.26. The number of hydrogen-bond acceptors (Lipinski definition) is 5. The lowest BCUT2D eigenvalue weighted by Gasteiger charge is -2.28. The van der Waals surface area contributed by atoms with Gasteiger partial charge >= 0.3 is 5.69 Å². The maximum Gasteiger partial charge on any atom is 0.326 e. The molecule has 184 valence electrons. The molecule has 0 radical (unpaired) electrons. The number of methoxy groups -OCH3 is 1. The van der Waals surface area contributed by atoms with Crippen LogP contribution in [0.25, 0.3) is 11.0 Å². The molecule has 3 aromatic rings. The number of nitrogens with one attached hydrogen (secondary N) is 4. The highest BCUT2D eigenvalue weighted by molar-refractivity contribution is 6.02. The Bertz CT molecular complexity index is 1320. The summed E-state index contributed by atoms with van der Waals surface area (Å²) in [7, 11) is 1.62. The van der Waals surface area contributed by atoms with Crippen LogP contribution in [0.5, 0.6) is 5.75 Å². The van der Waals surface area contributed by atoms with Gasteiger partial charge in [-0.15, -0.1) is 0 Å². The van der Waals surface area contributed by atoms with E-state index in [2.05, 4.69) is 20.9 Å². The largest absolute Gasteiger partial charge is 0.496 e. The molecular formula is C26H31N5O4. The molecule has 9 heteroatoms. The van der Waals surface area contributed by atoms with Gasteiger partial charge in [0.05, 0.1) is 29.9 Å². The first-order chi connectivity index (χ1) is 16.9. The molecule has 0 bridgehead atoms. The molecule has 1 atom stereocenters. The van der Waals surface area contributed by atoms with Gasteiger partial charge in [0.25, 0.3) is 0 Å². The van der Waals surface area contributed by atoms with E-state index >= 15 is 0 Å². The van der Waals surface area contributed by atoms with Gasteiger partial charge in [-0.05, 0) is 69.3 Å². The van der Waals surface area contributed by atoms with Crippen LogP contribution in [0.4, 0.5) is 11.4 Å². The van der Waals surface area contributed by atoms with Gasteiger partial charge in [0, 0.05) is 23.7 Å². The van der Waals surface area contributed by atoms with E-state index < -0.39 is 0 Å². The van der Waals surface area contributed by atoms with Gasteiger partial charge in [-0.25, -0.2) is 4.79 Å². The van der Waals surface area contributed by atoms with Crippen molar-refractivity contribution in [3.63, 3.8) is 0 Å². The van der Waals surface area contributed by atoms with Crippen molar-refractivity contribution >= 4 is 34.2 Å². The number of benzene rings is 2. The summed E-state index contributed by atoms with van der Waals surface area (Å²) < 4.78 is 7.13. The van der Waals surface area contributed by atoms with E-state index in [1.165, 1.54) is 0 Å². The van der Waals surface area contributed by atoms with Gasteiger partial charge in [0.15, 0.2) is 0 Å². The fraction of sp³-hybridized carbons (Fsp3) is 0.423. The van der Waals surface area contributed by atoms with Crippen LogP contribution in [0.1, 0.15) is 43.7 Å². The lowest BCUT2D eigenvalue weighted by atomic mass is 9.85. The summed E-state index contributed by atoms with van der Waals surface area (Å²) in [5, 5.41) is 9.04. The molecule has 1 unspecified atom stereocenters. The van der Waals surface area contributed by atoms with Gasteiger partial charge in [-0.1, -0.05) is 12.1 Å². The Morgan fingerprint density at radius 3 is 2.49 bits per heavy atom. The molecule has 5 rings (SSSR count). The molecule has 2 heterocycles. The molecule has 1 saturated carbocycles. The summed E-state index contributed by atoms with van der Waals surface area (Å²) in [6.45, 7) is 2.80. The SMILES string of the molecule is COc1cc(NC(=O)C2CCC(n3c(=O)[nH]c4c(NC(=O)C5CCN5)cccc43)CC2)ccc1C. The van der Waals surface area contributed by atoms with Gasteiger partial charge in [0.1, 0.15) is 5.75 Å². The molecule has 1 aromatic heterocycles. The number of rotatable bonds is 6. The van der Waals surface area contributed by atoms with Gasteiger partial charge in [-0.2, -0.15) is 0 Å². The second kappa shape index (κ2) is 9.58. The molecule has 1 saturated heterocycles. The monoisotopic (exact) mass is 477 g/mol. The van der Waals surface area contributed by atoms with E-state index in [0.717, 1.165) is 48.3 Å². The Kier molecular flexibility index (Phi) is 6.34. The summed E-state index contributed by atoms with van der Waals surface area (Å²) in [4.78, 5) is 41.1. The number of ether oxygens (including phenoxy) is 1. The second-order valence-corrected chi connectivity index (χ2v) is 9.46. The molecule has 2 amide bonds. The first-order valence-electron chi connectivity index (χ1n) is 12.2. The molecular weight excluding hydrogens is 446 g/mol. The van der Waals surface area contributed by atoms with Crippen LogP contribution < -0.4 is 26.4 Å². The minimum absolute atomic E-state index is 0.000908. The van der Waals surface area contributed by atoms with Crippen molar-refractivity contribution in [3.05, 3.63) is 52.4 Å². The van der Waals surface area contributed by atoms with Crippen molar-refractivity contribution in [1.29, 1.82) is 0 Å². The fourth-order valence-corrected chi connectivity index (χ4v) is 5.09. The number of imidazole rings is 1. The number of hydrogen-bond donors (Lipinski definition) is 4. The summed E-state index contributed by atoms with van der Waals surface area (Å²) >= 11 is 0. The fourth-order valence-electron chi connectivity index (χ4n) is 5.09.